The topological polar surface area (TPSA) is 46.0 Å². The predicted molar refractivity (Wildman–Crippen MR) is 137 cm³/mol. The number of hydrogen-bond donors (Lipinski definition) is 1. The van der Waals surface area contributed by atoms with Crippen molar-refractivity contribution in [2.75, 3.05) is 4.90 Å². The van der Waals surface area contributed by atoms with E-state index in [1.54, 1.807) is 0 Å². The highest BCUT2D eigenvalue weighted by Crippen LogP contribution is 2.43. The minimum Gasteiger partial charge on any atom is -0.351 e. The molecule has 1 aromatic carbocycles. The molecule has 0 saturated carbocycles. The van der Waals surface area contributed by atoms with Gasteiger partial charge in [0.05, 0.1) is 17.8 Å². The Kier molecular flexibility index (Phi) is 5.46. The summed E-state index contributed by atoms with van der Waals surface area (Å²) in [4.78, 5) is 11.6. The summed E-state index contributed by atoms with van der Waals surface area (Å²) in [5.41, 5.74) is 7.94. The van der Waals surface area contributed by atoms with Gasteiger partial charge in [-0.15, -0.1) is 0 Å². The Hall–Kier alpha value is -3.51. The molecule has 5 nitrogen and oxygen atoms in total. The van der Waals surface area contributed by atoms with Gasteiger partial charge in [0.1, 0.15) is 5.82 Å². The third-order valence-corrected chi connectivity index (χ3v) is 6.61. The fraction of sp³-hybridized carbons (Fsp3) is 0.222. The molecular weight excluding hydrogens is 426 g/mol. The SMILES string of the molecule is Cc1cccc(N2C(=S)N[C@@H](c3ccccn3)[C@H]2c2cc(C)n(-c3cc(C)ccn3)c2C)c1. The van der Waals surface area contributed by atoms with E-state index in [1.807, 2.05) is 30.6 Å². The number of rotatable bonds is 4. The number of thiocarbonyl (C=S) groups is 1. The Morgan fingerprint density at radius 3 is 2.39 bits per heavy atom. The summed E-state index contributed by atoms with van der Waals surface area (Å²) < 4.78 is 2.23. The summed E-state index contributed by atoms with van der Waals surface area (Å²) >= 11 is 5.88. The molecule has 5 rings (SSSR count). The molecule has 0 spiro atoms. The highest BCUT2D eigenvalue weighted by Gasteiger charge is 2.42. The fourth-order valence-electron chi connectivity index (χ4n) is 4.81. The first-order valence-corrected chi connectivity index (χ1v) is 11.5. The average Bonchev–Trinajstić information content (AvgIpc) is 3.29. The second-order valence-electron chi connectivity index (χ2n) is 8.69. The summed E-state index contributed by atoms with van der Waals surface area (Å²) in [5.74, 6) is 0.932. The maximum Gasteiger partial charge on any atom is 0.174 e. The van der Waals surface area contributed by atoms with Crippen LogP contribution in [0, 0.1) is 27.7 Å². The molecule has 166 valence electrons. The number of nitrogens with one attached hydrogen (secondary N) is 1. The van der Waals surface area contributed by atoms with Gasteiger partial charge in [0.2, 0.25) is 0 Å². The van der Waals surface area contributed by atoms with Crippen LogP contribution in [-0.2, 0) is 0 Å². The molecule has 0 aliphatic carbocycles. The second-order valence-corrected chi connectivity index (χ2v) is 9.08. The first-order chi connectivity index (χ1) is 15.9. The van der Waals surface area contributed by atoms with Crippen molar-refractivity contribution in [3.63, 3.8) is 0 Å². The van der Waals surface area contributed by atoms with Crippen LogP contribution in [0.4, 0.5) is 5.69 Å². The molecule has 1 aliphatic heterocycles. The van der Waals surface area contributed by atoms with E-state index >= 15 is 0 Å². The van der Waals surface area contributed by atoms with Crippen LogP contribution < -0.4 is 10.2 Å². The second kappa shape index (κ2) is 8.45. The minimum absolute atomic E-state index is 0.0426. The van der Waals surface area contributed by atoms with Crippen LogP contribution in [0.1, 0.15) is 45.9 Å². The summed E-state index contributed by atoms with van der Waals surface area (Å²) in [6.45, 7) is 8.50. The molecule has 6 heteroatoms. The zero-order valence-electron chi connectivity index (χ0n) is 19.3. The molecule has 2 atom stereocenters. The molecule has 3 aromatic heterocycles. The van der Waals surface area contributed by atoms with E-state index in [0.717, 1.165) is 28.6 Å². The van der Waals surface area contributed by atoms with Crippen molar-refractivity contribution in [1.29, 1.82) is 0 Å². The average molecular weight is 454 g/mol. The van der Waals surface area contributed by atoms with Crippen LogP contribution in [0.2, 0.25) is 0 Å². The molecule has 0 amide bonds. The van der Waals surface area contributed by atoms with E-state index in [4.69, 9.17) is 12.2 Å². The fourth-order valence-corrected chi connectivity index (χ4v) is 5.15. The number of aromatic nitrogens is 3. The summed E-state index contributed by atoms with van der Waals surface area (Å²) in [6, 6.07) is 20.8. The monoisotopic (exact) mass is 453 g/mol. The predicted octanol–water partition coefficient (Wildman–Crippen LogP) is 5.68. The zero-order valence-corrected chi connectivity index (χ0v) is 20.1. The Labute approximate surface area is 200 Å². The molecule has 0 radical (unpaired) electrons. The highest BCUT2D eigenvalue weighted by atomic mass is 32.1. The van der Waals surface area contributed by atoms with E-state index in [2.05, 4.69) is 94.9 Å². The van der Waals surface area contributed by atoms with Crippen LogP contribution in [0.15, 0.2) is 73.1 Å². The molecule has 1 saturated heterocycles. The lowest BCUT2D eigenvalue weighted by Crippen LogP contribution is -2.29. The summed E-state index contributed by atoms with van der Waals surface area (Å²) in [7, 11) is 0. The van der Waals surface area contributed by atoms with Crippen molar-refractivity contribution in [2.45, 2.75) is 39.8 Å². The quantitative estimate of drug-likeness (QED) is 0.403. The van der Waals surface area contributed by atoms with Crippen molar-refractivity contribution in [3.05, 3.63) is 107 Å². The van der Waals surface area contributed by atoms with Crippen LogP contribution in [0.5, 0.6) is 0 Å². The molecule has 4 aromatic rings. The normalized spacial score (nSPS) is 17.9. The van der Waals surface area contributed by atoms with Gasteiger partial charge < -0.3 is 14.8 Å². The lowest BCUT2D eigenvalue weighted by Gasteiger charge is -2.28. The number of pyridine rings is 2. The maximum atomic E-state index is 5.88. The Bertz CT molecular complexity index is 1330. The summed E-state index contributed by atoms with van der Waals surface area (Å²) in [6.07, 6.45) is 3.71. The first kappa shape index (κ1) is 21.3. The van der Waals surface area contributed by atoms with Crippen molar-refractivity contribution < 1.29 is 0 Å². The molecule has 0 unspecified atom stereocenters. The van der Waals surface area contributed by atoms with Gasteiger partial charge in [-0.25, -0.2) is 4.98 Å². The Morgan fingerprint density at radius 1 is 0.848 bits per heavy atom. The van der Waals surface area contributed by atoms with Gasteiger partial charge in [0.15, 0.2) is 5.11 Å². The molecule has 4 heterocycles. The number of benzene rings is 1. The van der Waals surface area contributed by atoms with Crippen molar-refractivity contribution in [3.8, 4) is 5.82 Å². The third-order valence-electron chi connectivity index (χ3n) is 6.30. The molecule has 1 fully saturated rings. The van der Waals surface area contributed by atoms with Crippen molar-refractivity contribution >= 4 is 23.0 Å². The number of hydrogen-bond acceptors (Lipinski definition) is 3. The lowest BCUT2D eigenvalue weighted by atomic mass is 9.96. The van der Waals surface area contributed by atoms with Gasteiger partial charge in [-0.2, -0.15) is 0 Å². The lowest BCUT2D eigenvalue weighted by molar-refractivity contribution is 0.565. The molecular formula is C27H27N5S. The van der Waals surface area contributed by atoms with Crippen LogP contribution in [0.3, 0.4) is 0 Å². The first-order valence-electron chi connectivity index (χ1n) is 11.1. The van der Waals surface area contributed by atoms with Crippen LogP contribution >= 0.6 is 12.2 Å². The van der Waals surface area contributed by atoms with Gasteiger partial charge in [-0.1, -0.05) is 18.2 Å². The smallest absolute Gasteiger partial charge is 0.174 e. The number of anilines is 1. The number of nitrogens with zero attached hydrogens (tertiary/aromatic N) is 4. The van der Waals surface area contributed by atoms with Gasteiger partial charge in [-0.05, 0) is 99.1 Å². The largest absolute Gasteiger partial charge is 0.351 e. The molecule has 1 N–H and O–H groups in total. The van der Waals surface area contributed by atoms with E-state index in [0.29, 0.717) is 5.11 Å². The highest BCUT2D eigenvalue weighted by molar-refractivity contribution is 7.80. The molecule has 0 bridgehead atoms. The van der Waals surface area contributed by atoms with E-state index in [1.165, 1.54) is 16.7 Å². The van der Waals surface area contributed by atoms with Gasteiger partial charge in [0, 0.05) is 29.5 Å². The van der Waals surface area contributed by atoms with Crippen molar-refractivity contribution in [2.24, 2.45) is 0 Å². The van der Waals surface area contributed by atoms with E-state index in [-0.39, 0.29) is 12.1 Å². The molecule has 33 heavy (non-hydrogen) atoms. The minimum atomic E-state index is -0.0707. The third kappa shape index (κ3) is 3.80. The standard InChI is InChI=1S/C27H27N5S/c1-17-8-7-9-21(14-17)32-26(25(30-27(32)33)23-10-5-6-12-28-23)22-16-19(3)31(20(22)4)24-15-18(2)11-13-29-24/h5-16,25-26H,1-4H3,(H,30,33)/t25-,26+/m0/s1. The van der Waals surface area contributed by atoms with E-state index in [9.17, 15) is 0 Å². The number of aryl methyl sites for hydroxylation is 3. The summed E-state index contributed by atoms with van der Waals surface area (Å²) in [5, 5.41) is 4.27. The van der Waals surface area contributed by atoms with E-state index < -0.39 is 0 Å². The van der Waals surface area contributed by atoms with Crippen molar-refractivity contribution in [1.82, 2.24) is 19.9 Å². The van der Waals surface area contributed by atoms with Crippen LogP contribution in [-0.4, -0.2) is 19.6 Å². The van der Waals surface area contributed by atoms with Crippen LogP contribution in [0.25, 0.3) is 5.82 Å². The molecule has 1 aliphatic rings. The Morgan fingerprint density at radius 2 is 1.67 bits per heavy atom. The van der Waals surface area contributed by atoms with Gasteiger partial charge >= 0.3 is 0 Å². The maximum absolute atomic E-state index is 5.88. The van der Waals surface area contributed by atoms with Gasteiger partial charge in [-0.3, -0.25) is 4.98 Å². The van der Waals surface area contributed by atoms with Gasteiger partial charge in [0.25, 0.3) is 0 Å². The Balaban J connectivity index is 1.69. The zero-order chi connectivity index (χ0) is 23.1.